The minimum Gasteiger partial charge on any atom is -0.293 e. The maximum absolute atomic E-state index is 13.4. The predicted octanol–water partition coefficient (Wildman–Crippen LogP) is 5.12. The van der Waals surface area contributed by atoms with E-state index < -0.39 is 40.0 Å². The highest BCUT2D eigenvalue weighted by Crippen LogP contribution is 2.24. The first-order valence-electron chi connectivity index (χ1n) is 9.35. The van der Waals surface area contributed by atoms with Crippen molar-refractivity contribution in [1.29, 1.82) is 0 Å². The number of amides is 1. The van der Waals surface area contributed by atoms with Gasteiger partial charge >= 0.3 is 6.18 Å². The molecule has 0 unspecified atom stereocenters. The van der Waals surface area contributed by atoms with Crippen LogP contribution in [0.1, 0.15) is 26.5 Å². The number of ketones is 1. The number of anilines is 1. The number of benzene rings is 2. The lowest BCUT2D eigenvalue weighted by molar-refractivity contribution is -0.0605. The highest BCUT2D eigenvalue weighted by atomic mass is 35.5. The Hall–Kier alpha value is -3.22. The fourth-order valence-corrected chi connectivity index (χ4v) is 4.52. The fourth-order valence-electron chi connectivity index (χ4n) is 2.65. The molecule has 1 aromatic heterocycles. The number of hydrogen-bond acceptors (Lipinski definition) is 6. The van der Waals surface area contributed by atoms with E-state index in [1.165, 1.54) is 60.7 Å². The van der Waals surface area contributed by atoms with Crippen molar-refractivity contribution in [3.63, 3.8) is 0 Å². The van der Waals surface area contributed by atoms with E-state index in [9.17, 15) is 31.2 Å². The summed E-state index contributed by atoms with van der Waals surface area (Å²) in [5.41, 5.74) is -0.213. The first-order valence-corrected chi connectivity index (χ1v) is 12.1. The summed E-state index contributed by atoms with van der Waals surface area (Å²) in [6.45, 7) is 0. The predicted molar refractivity (Wildman–Crippen MR) is 123 cm³/mol. The fraction of sp³-hybridized carbons (Fsp3) is 0.0952. The van der Waals surface area contributed by atoms with Gasteiger partial charge in [0.2, 0.25) is 0 Å². The van der Waals surface area contributed by atoms with Crippen LogP contribution in [0.15, 0.2) is 76.0 Å². The van der Waals surface area contributed by atoms with Gasteiger partial charge in [-0.15, -0.1) is 11.3 Å². The Kier molecular flexibility index (Phi) is 7.75. The van der Waals surface area contributed by atoms with E-state index in [-0.39, 0.29) is 21.0 Å². The number of nitrogens with zero attached hydrogens (tertiary/aromatic N) is 1. The molecule has 0 aliphatic carbocycles. The maximum Gasteiger partial charge on any atom is 0.431 e. The summed E-state index contributed by atoms with van der Waals surface area (Å²) in [4.78, 5) is 24.6. The molecule has 0 saturated carbocycles. The lowest BCUT2D eigenvalue weighted by Gasteiger charge is -2.13. The van der Waals surface area contributed by atoms with Crippen molar-refractivity contribution in [1.82, 2.24) is 5.43 Å². The van der Waals surface area contributed by atoms with Crippen LogP contribution < -0.4 is 10.1 Å². The van der Waals surface area contributed by atoms with Crippen molar-refractivity contribution in [3.8, 4) is 0 Å². The second-order valence-electron chi connectivity index (χ2n) is 6.68. The molecular weight excluding hydrogens is 515 g/mol. The van der Waals surface area contributed by atoms with Crippen molar-refractivity contribution < 1.29 is 31.2 Å². The SMILES string of the molecule is O=C(C/C(=N\NC(=O)c1ccccc1NS(=O)(=O)c1ccc(Cl)cc1)C(F)(F)F)c1cccs1. The summed E-state index contributed by atoms with van der Waals surface area (Å²) in [6.07, 6.45) is -6.05. The second kappa shape index (κ2) is 10.4. The molecule has 0 spiro atoms. The van der Waals surface area contributed by atoms with E-state index in [0.717, 1.165) is 11.3 Å². The van der Waals surface area contributed by atoms with Crippen LogP contribution in [0.25, 0.3) is 0 Å². The molecule has 178 valence electrons. The quantitative estimate of drug-likeness (QED) is 0.240. The molecule has 2 N–H and O–H groups in total. The van der Waals surface area contributed by atoms with E-state index in [4.69, 9.17) is 11.6 Å². The molecule has 0 aliphatic heterocycles. The van der Waals surface area contributed by atoms with Crippen LogP contribution in [0.4, 0.5) is 18.9 Å². The molecule has 0 radical (unpaired) electrons. The molecule has 3 rings (SSSR count). The molecular formula is C21H15ClF3N3O4S2. The van der Waals surface area contributed by atoms with Crippen molar-refractivity contribution in [2.75, 3.05) is 4.72 Å². The Balaban J connectivity index is 1.82. The van der Waals surface area contributed by atoms with Gasteiger partial charge in [-0.1, -0.05) is 29.8 Å². The number of thiophene rings is 1. The summed E-state index contributed by atoms with van der Waals surface area (Å²) in [7, 11) is -4.13. The molecule has 1 amide bonds. The third-order valence-electron chi connectivity index (χ3n) is 4.28. The van der Waals surface area contributed by atoms with Gasteiger partial charge in [0.05, 0.1) is 27.4 Å². The number of hydrazone groups is 1. The molecule has 0 saturated heterocycles. The van der Waals surface area contributed by atoms with Crippen molar-refractivity contribution >= 4 is 56.1 Å². The second-order valence-corrected chi connectivity index (χ2v) is 9.75. The molecule has 2 aromatic carbocycles. The molecule has 0 bridgehead atoms. The number of hydrogen-bond donors (Lipinski definition) is 2. The number of nitrogens with one attached hydrogen (secondary N) is 2. The third-order valence-corrected chi connectivity index (χ3v) is 6.83. The van der Waals surface area contributed by atoms with Gasteiger partial charge in [0.1, 0.15) is 5.71 Å². The highest BCUT2D eigenvalue weighted by Gasteiger charge is 2.37. The Morgan fingerprint density at radius 1 is 1.00 bits per heavy atom. The molecule has 0 aliphatic rings. The lowest BCUT2D eigenvalue weighted by atomic mass is 10.1. The monoisotopic (exact) mass is 529 g/mol. The molecule has 0 atom stereocenters. The number of halogens is 4. The van der Waals surface area contributed by atoms with Crippen LogP contribution >= 0.6 is 22.9 Å². The number of sulfonamides is 1. The number of alkyl halides is 3. The number of carbonyl (C=O) groups excluding carboxylic acids is 2. The van der Waals surface area contributed by atoms with Crippen molar-refractivity contribution in [2.45, 2.75) is 17.5 Å². The third kappa shape index (κ3) is 6.43. The van der Waals surface area contributed by atoms with E-state index in [0.29, 0.717) is 5.02 Å². The summed E-state index contributed by atoms with van der Waals surface area (Å²) in [6, 6.07) is 13.4. The van der Waals surface area contributed by atoms with Gasteiger partial charge < -0.3 is 0 Å². The number of carbonyl (C=O) groups is 2. The highest BCUT2D eigenvalue weighted by molar-refractivity contribution is 7.92. The van der Waals surface area contributed by atoms with Gasteiger partial charge in [-0.25, -0.2) is 13.8 Å². The zero-order chi connectivity index (χ0) is 24.9. The van der Waals surface area contributed by atoms with Crippen LogP contribution in [-0.2, 0) is 10.0 Å². The average Bonchev–Trinajstić information content (AvgIpc) is 3.31. The Morgan fingerprint density at radius 3 is 2.29 bits per heavy atom. The standard InChI is InChI=1S/C21H15ClF3N3O4S2/c22-13-7-9-14(10-8-13)34(31,32)28-16-5-2-1-4-15(16)20(30)27-26-19(21(23,24)25)12-17(29)18-6-3-11-33-18/h1-11,28H,12H2,(H,27,30)/b26-19+. The molecule has 1 heterocycles. The van der Waals surface area contributed by atoms with E-state index >= 15 is 0 Å². The van der Waals surface area contributed by atoms with Crippen LogP contribution in [-0.4, -0.2) is 32.0 Å². The maximum atomic E-state index is 13.4. The summed E-state index contributed by atoms with van der Waals surface area (Å²) in [5.74, 6) is -1.92. The zero-order valence-corrected chi connectivity index (χ0v) is 19.4. The van der Waals surface area contributed by atoms with Crippen LogP contribution in [0.3, 0.4) is 0 Å². The first kappa shape index (κ1) is 25.4. The van der Waals surface area contributed by atoms with Crippen molar-refractivity contribution in [2.24, 2.45) is 5.10 Å². The molecule has 34 heavy (non-hydrogen) atoms. The van der Waals surface area contributed by atoms with Crippen molar-refractivity contribution in [3.05, 3.63) is 81.5 Å². The Labute approximate surface area is 201 Å². The van der Waals surface area contributed by atoms with E-state index in [2.05, 4.69) is 9.82 Å². The topological polar surface area (TPSA) is 105 Å². The molecule has 7 nitrogen and oxygen atoms in total. The normalized spacial score (nSPS) is 12.3. The van der Waals surface area contributed by atoms with E-state index in [1.54, 1.807) is 10.8 Å². The summed E-state index contributed by atoms with van der Waals surface area (Å²) in [5, 5.41) is 4.97. The van der Waals surface area contributed by atoms with Gasteiger partial charge in [-0.3, -0.25) is 14.3 Å². The summed E-state index contributed by atoms with van der Waals surface area (Å²) >= 11 is 6.74. The summed E-state index contributed by atoms with van der Waals surface area (Å²) < 4.78 is 67.5. The zero-order valence-electron chi connectivity index (χ0n) is 17.0. The van der Waals surface area contributed by atoms with Gasteiger partial charge in [-0.05, 0) is 47.8 Å². The number of para-hydroxylation sites is 1. The van der Waals surface area contributed by atoms with Crippen LogP contribution in [0, 0.1) is 0 Å². The lowest BCUT2D eigenvalue weighted by Crippen LogP contribution is -2.30. The van der Waals surface area contributed by atoms with E-state index in [1.807, 2.05) is 0 Å². The largest absolute Gasteiger partial charge is 0.431 e. The van der Waals surface area contributed by atoms with Gasteiger partial charge in [0.25, 0.3) is 15.9 Å². The first-order chi connectivity index (χ1) is 16.0. The Morgan fingerprint density at radius 2 is 1.68 bits per heavy atom. The van der Waals surface area contributed by atoms with Crippen LogP contribution in [0.5, 0.6) is 0 Å². The van der Waals surface area contributed by atoms with Crippen LogP contribution in [0.2, 0.25) is 5.02 Å². The minimum absolute atomic E-state index is 0.116. The van der Waals surface area contributed by atoms with Gasteiger partial charge in [0, 0.05) is 5.02 Å². The number of Topliss-reactive ketones (excluding diaryl/α,β-unsaturated/α-hetero) is 1. The van der Waals surface area contributed by atoms with Gasteiger partial charge in [-0.2, -0.15) is 18.3 Å². The molecule has 13 heteroatoms. The molecule has 3 aromatic rings. The molecule has 0 fully saturated rings. The number of rotatable bonds is 8. The smallest absolute Gasteiger partial charge is 0.293 e. The Bertz CT molecular complexity index is 1320. The minimum atomic E-state index is -4.98. The average molecular weight is 530 g/mol. The van der Waals surface area contributed by atoms with Gasteiger partial charge in [0.15, 0.2) is 5.78 Å².